The van der Waals surface area contributed by atoms with Crippen LogP contribution >= 0.6 is 0 Å². The molecule has 2 aromatic carbocycles. The summed E-state index contributed by atoms with van der Waals surface area (Å²) in [6.07, 6.45) is 5.18. The van der Waals surface area contributed by atoms with Gasteiger partial charge in [0.1, 0.15) is 0 Å². The molecule has 1 aliphatic heterocycles. The van der Waals surface area contributed by atoms with Crippen LogP contribution in [-0.2, 0) is 20.7 Å². The Kier molecular flexibility index (Phi) is 6.57. The Labute approximate surface area is 205 Å². The number of dihydropyridines is 1. The molecule has 1 aromatic heterocycles. The first-order valence-electron chi connectivity index (χ1n) is 12.0. The highest BCUT2D eigenvalue weighted by atomic mass is 16.5. The molecule has 1 N–H and O–H groups in total. The smallest absolute Gasteiger partial charge is 0.336 e. The molecule has 0 saturated heterocycles. The molecule has 2 heterocycles. The van der Waals surface area contributed by atoms with Crippen molar-refractivity contribution in [1.82, 2.24) is 10.3 Å². The van der Waals surface area contributed by atoms with Crippen molar-refractivity contribution in [3.8, 4) is 0 Å². The average molecular weight is 465 g/mol. The molecule has 0 radical (unpaired) electrons. The number of carbonyl (C=O) groups excluding carboxylic acids is 2. The van der Waals surface area contributed by atoms with Gasteiger partial charge >= 0.3 is 5.97 Å². The summed E-state index contributed by atoms with van der Waals surface area (Å²) in [5, 5.41) is 3.41. The highest BCUT2D eigenvalue weighted by Crippen LogP contribution is 2.45. The minimum atomic E-state index is -0.470. The van der Waals surface area contributed by atoms with Crippen LogP contribution in [0.4, 0.5) is 0 Å². The number of nitrogens with zero attached hydrogens (tertiary/aromatic N) is 1. The Morgan fingerprint density at radius 1 is 0.943 bits per heavy atom. The number of nitrogens with one attached hydrogen (secondary N) is 1. The van der Waals surface area contributed by atoms with Crippen molar-refractivity contribution in [2.24, 2.45) is 0 Å². The van der Waals surface area contributed by atoms with E-state index in [4.69, 9.17) is 4.74 Å². The number of benzene rings is 2. The molecule has 176 valence electrons. The summed E-state index contributed by atoms with van der Waals surface area (Å²) in [6.45, 7) is 2.17. The van der Waals surface area contributed by atoms with Gasteiger partial charge in [0.05, 0.1) is 12.2 Å². The maximum Gasteiger partial charge on any atom is 0.336 e. The van der Waals surface area contributed by atoms with E-state index in [2.05, 4.69) is 22.4 Å². The van der Waals surface area contributed by atoms with Gasteiger partial charge in [-0.15, -0.1) is 0 Å². The highest BCUT2D eigenvalue weighted by Gasteiger charge is 2.41. The quantitative estimate of drug-likeness (QED) is 0.506. The van der Waals surface area contributed by atoms with E-state index >= 15 is 0 Å². The van der Waals surface area contributed by atoms with Crippen LogP contribution in [0.25, 0.3) is 0 Å². The number of hydrogen-bond acceptors (Lipinski definition) is 5. The normalized spacial score (nSPS) is 19.7. The van der Waals surface area contributed by atoms with Crippen molar-refractivity contribution in [3.05, 3.63) is 124 Å². The van der Waals surface area contributed by atoms with Crippen molar-refractivity contribution in [2.75, 3.05) is 6.61 Å². The van der Waals surface area contributed by atoms with Gasteiger partial charge in [0.25, 0.3) is 0 Å². The molecule has 5 rings (SSSR count). The minimum absolute atomic E-state index is 0.0662. The van der Waals surface area contributed by atoms with Crippen LogP contribution in [0.2, 0.25) is 0 Å². The third-order valence-electron chi connectivity index (χ3n) is 6.82. The second-order valence-corrected chi connectivity index (χ2v) is 9.08. The number of rotatable bonds is 6. The molecule has 3 aromatic rings. The van der Waals surface area contributed by atoms with Gasteiger partial charge in [-0.1, -0.05) is 60.7 Å². The third kappa shape index (κ3) is 4.80. The predicted molar refractivity (Wildman–Crippen MR) is 134 cm³/mol. The molecule has 0 amide bonds. The van der Waals surface area contributed by atoms with Crippen LogP contribution in [0, 0.1) is 0 Å². The largest absolute Gasteiger partial charge is 0.462 e. The number of ether oxygens (including phenoxy) is 1. The number of esters is 1. The van der Waals surface area contributed by atoms with Gasteiger partial charge in [0, 0.05) is 48.1 Å². The van der Waals surface area contributed by atoms with Gasteiger partial charge in [-0.05, 0) is 48.1 Å². The van der Waals surface area contributed by atoms with Gasteiger partial charge in [0.2, 0.25) is 0 Å². The molecule has 2 atom stereocenters. The zero-order chi connectivity index (χ0) is 24.2. The maximum absolute atomic E-state index is 13.6. The first-order chi connectivity index (χ1) is 17.1. The molecule has 1 aliphatic carbocycles. The maximum atomic E-state index is 13.6. The van der Waals surface area contributed by atoms with Gasteiger partial charge < -0.3 is 10.1 Å². The summed E-state index contributed by atoms with van der Waals surface area (Å²) in [5.74, 6) is -0.684. The van der Waals surface area contributed by atoms with Crippen molar-refractivity contribution < 1.29 is 14.3 Å². The number of aromatic nitrogens is 1. The van der Waals surface area contributed by atoms with Crippen molar-refractivity contribution in [2.45, 2.75) is 38.0 Å². The number of ketones is 1. The zero-order valence-electron chi connectivity index (χ0n) is 19.7. The van der Waals surface area contributed by atoms with E-state index in [9.17, 15) is 9.59 Å². The topological polar surface area (TPSA) is 68.3 Å². The Bertz CT molecular complexity index is 1280. The third-order valence-corrected chi connectivity index (χ3v) is 6.82. The lowest BCUT2D eigenvalue weighted by Gasteiger charge is -2.36. The van der Waals surface area contributed by atoms with Gasteiger partial charge in [-0.2, -0.15) is 0 Å². The lowest BCUT2D eigenvalue weighted by Crippen LogP contribution is -2.36. The molecule has 0 spiro atoms. The summed E-state index contributed by atoms with van der Waals surface area (Å²) < 4.78 is 5.73. The van der Waals surface area contributed by atoms with E-state index in [1.807, 2.05) is 67.6 Å². The monoisotopic (exact) mass is 464 g/mol. The van der Waals surface area contributed by atoms with Crippen LogP contribution in [0.3, 0.4) is 0 Å². The van der Waals surface area contributed by atoms with Crippen LogP contribution in [0.5, 0.6) is 0 Å². The van der Waals surface area contributed by atoms with Gasteiger partial charge in [-0.25, -0.2) is 4.79 Å². The van der Waals surface area contributed by atoms with Crippen LogP contribution in [-0.4, -0.2) is 23.3 Å². The van der Waals surface area contributed by atoms with Gasteiger partial charge in [-0.3, -0.25) is 9.78 Å². The number of allylic oxidation sites excluding steroid dienone is 3. The molecule has 0 unspecified atom stereocenters. The number of carbonyl (C=O) groups is 2. The molecule has 5 nitrogen and oxygen atoms in total. The molecular weight excluding hydrogens is 436 g/mol. The number of pyridine rings is 1. The minimum Gasteiger partial charge on any atom is -0.462 e. The van der Waals surface area contributed by atoms with Crippen LogP contribution in [0.1, 0.15) is 48.3 Å². The standard InChI is InChI=1S/C30H28N2O3/c1-20-27(30(34)35-17-14-21-8-4-2-5-9-21)28(23-12-15-31-16-13-23)29-25(32-20)18-24(19-26(29)33)22-10-6-3-7-11-22/h2-13,15-16,24,28,32H,14,17-19H2,1H3/t24-,28+/m1/s1. The van der Waals surface area contributed by atoms with E-state index in [-0.39, 0.29) is 18.3 Å². The van der Waals surface area contributed by atoms with Crippen molar-refractivity contribution in [1.29, 1.82) is 0 Å². The Morgan fingerprint density at radius 3 is 2.34 bits per heavy atom. The molecule has 0 saturated carbocycles. The summed E-state index contributed by atoms with van der Waals surface area (Å²) in [4.78, 5) is 31.1. The molecule has 0 bridgehead atoms. The zero-order valence-corrected chi connectivity index (χ0v) is 19.7. The molecule has 0 fully saturated rings. The molecular formula is C30H28N2O3. The van der Waals surface area contributed by atoms with E-state index in [1.165, 1.54) is 0 Å². The molecule has 35 heavy (non-hydrogen) atoms. The predicted octanol–water partition coefficient (Wildman–Crippen LogP) is 5.23. The fourth-order valence-electron chi connectivity index (χ4n) is 5.14. The van der Waals surface area contributed by atoms with Crippen LogP contribution in [0.15, 0.2) is 108 Å². The Hall–Kier alpha value is -3.99. The first-order valence-corrected chi connectivity index (χ1v) is 12.0. The second kappa shape index (κ2) is 10.1. The second-order valence-electron chi connectivity index (χ2n) is 9.08. The lowest BCUT2D eigenvalue weighted by molar-refractivity contribution is -0.139. The van der Waals surface area contributed by atoms with Gasteiger partial charge in [0.15, 0.2) is 5.78 Å². The summed E-state index contributed by atoms with van der Waals surface area (Å²) in [5.41, 5.74) is 5.93. The SMILES string of the molecule is CC1=C(C(=O)OCCc2ccccc2)[C@H](c2ccncc2)C2=C(C[C@@H](c3ccccc3)CC2=O)N1. The fourth-order valence-corrected chi connectivity index (χ4v) is 5.14. The lowest BCUT2D eigenvalue weighted by atomic mass is 9.72. The van der Waals surface area contributed by atoms with E-state index in [1.54, 1.807) is 12.4 Å². The summed E-state index contributed by atoms with van der Waals surface area (Å²) in [6, 6.07) is 23.8. The van der Waals surface area contributed by atoms with E-state index in [0.717, 1.165) is 34.5 Å². The molecule has 5 heteroatoms. The summed E-state index contributed by atoms with van der Waals surface area (Å²) >= 11 is 0. The van der Waals surface area contributed by atoms with Crippen molar-refractivity contribution in [3.63, 3.8) is 0 Å². The number of hydrogen-bond donors (Lipinski definition) is 1. The Balaban J connectivity index is 1.44. The highest BCUT2D eigenvalue weighted by molar-refractivity contribution is 6.04. The van der Waals surface area contributed by atoms with E-state index in [0.29, 0.717) is 24.0 Å². The van der Waals surface area contributed by atoms with Crippen molar-refractivity contribution >= 4 is 11.8 Å². The Morgan fingerprint density at radius 2 is 1.63 bits per heavy atom. The number of Topliss-reactive ketones (excluding diaryl/α,β-unsaturated/α-hetero) is 1. The first kappa shape index (κ1) is 22.8. The van der Waals surface area contributed by atoms with Crippen LogP contribution < -0.4 is 5.32 Å². The summed E-state index contributed by atoms with van der Waals surface area (Å²) in [7, 11) is 0. The molecule has 2 aliphatic rings. The van der Waals surface area contributed by atoms with E-state index < -0.39 is 11.9 Å². The average Bonchev–Trinajstić information content (AvgIpc) is 2.89. The fraction of sp³-hybridized carbons (Fsp3) is 0.233.